The monoisotopic (exact) mass is 277 g/mol. The Bertz CT molecular complexity index is 422. The van der Waals surface area contributed by atoms with E-state index in [4.69, 9.17) is 0 Å². The highest BCUT2D eigenvalue weighted by Gasteiger charge is 2.28. The smallest absolute Gasteiger partial charge is 0.0527 e. The molecule has 0 amide bonds. The lowest BCUT2D eigenvalue weighted by Gasteiger charge is -2.32. The first-order chi connectivity index (χ1) is 9.74. The zero-order valence-corrected chi connectivity index (χ0v) is 12.8. The van der Waals surface area contributed by atoms with E-state index in [2.05, 4.69) is 44.8 Å². The minimum absolute atomic E-state index is 0.451. The van der Waals surface area contributed by atoms with Crippen molar-refractivity contribution in [1.82, 2.24) is 24.9 Å². The van der Waals surface area contributed by atoms with Crippen molar-refractivity contribution in [2.24, 2.45) is 0 Å². The molecule has 0 bridgehead atoms. The quantitative estimate of drug-likeness (QED) is 0.889. The Morgan fingerprint density at radius 1 is 1.30 bits per heavy atom. The molecule has 1 atom stereocenters. The molecular formula is C15H27N5. The molecule has 5 nitrogen and oxygen atoms in total. The van der Waals surface area contributed by atoms with Gasteiger partial charge in [0.15, 0.2) is 0 Å². The molecule has 2 fully saturated rings. The van der Waals surface area contributed by atoms with E-state index in [0.717, 1.165) is 25.7 Å². The third-order valence-electron chi connectivity index (χ3n) is 4.54. The fourth-order valence-corrected chi connectivity index (χ4v) is 3.46. The number of rotatable bonds is 4. The van der Waals surface area contributed by atoms with Crippen LogP contribution in [0.1, 0.15) is 32.0 Å². The largest absolute Gasteiger partial charge is 0.314 e. The Kier molecular flexibility index (Phi) is 4.38. The van der Waals surface area contributed by atoms with Crippen molar-refractivity contribution in [3.8, 4) is 0 Å². The average Bonchev–Trinajstić information content (AvgIpc) is 3.09. The molecule has 3 heterocycles. The molecule has 5 heteroatoms. The van der Waals surface area contributed by atoms with Gasteiger partial charge in [-0.1, -0.05) is 0 Å². The lowest BCUT2D eigenvalue weighted by Crippen LogP contribution is -2.49. The first-order valence-corrected chi connectivity index (χ1v) is 7.93. The van der Waals surface area contributed by atoms with Crippen molar-refractivity contribution in [2.45, 2.75) is 38.9 Å². The lowest BCUT2D eigenvalue weighted by molar-refractivity contribution is 0.169. The highest BCUT2D eigenvalue weighted by molar-refractivity contribution is 5.02. The third kappa shape index (κ3) is 3.05. The van der Waals surface area contributed by atoms with Crippen molar-refractivity contribution >= 4 is 0 Å². The summed E-state index contributed by atoms with van der Waals surface area (Å²) in [6.45, 7) is 12.6. The summed E-state index contributed by atoms with van der Waals surface area (Å²) in [5, 5.41) is 7.88. The van der Waals surface area contributed by atoms with Crippen LogP contribution in [0.3, 0.4) is 0 Å². The van der Waals surface area contributed by atoms with Crippen LogP contribution in [0.15, 0.2) is 12.3 Å². The minimum atomic E-state index is 0.451. The van der Waals surface area contributed by atoms with E-state index in [1.807, 2.05) is 6.20 Å². The molecule has 20 heavy (non-hydrogen) atoms. The first-order valence-electron chi connectivity index (χ1n) is 7.93. The van der Waals surface area contributed by atoms with Gasteiger partial charge in [0.25, 0.3) is 0 Å². The molecule has 0 aliphatic carbocycles. The molecule has 2 saturated heterocycles. The summed E-state index contributed by atoms with van der Waals surface area (Å²) in [4.78, 5) is 5.25. The van der Waals surface area contributed by atoms with E-state index in [-0.39, 0.29) is 0 Å². The van der Waals surface area contributed by atoms with E-state index in [0.29, 0.717) is 6.04 Å². The van der Waals surface area contributed by atoms with Gasteiger partial charge in [0, 0.05) is 64.1 Å². The molecule has 112 valence electrons. The summed E-state index contributed by atoms with van der Waals surface area (Å²) in [6.07, 6.45) is 3.25. The van der Waals surface area contributed by atoms with Crippen molar-refractivity contribution in [2.75, 3.05) is 39.3 Å². The lowest BCUT2D eigenvalue weighted by atomic mass is 10.2. The Balaban J connectivity index is 1.56. The number of likely N-dealkylation sites (tertiary alicyclic amines) is 1. The summed E-state index contributed by atoms with van der Waals surface area (Å²) < 4.78 is 2.15. The summed E-state index contributed by atoms with van der Waals surface area (Å²) in [5.74, 6) is 0. The van der Waals surface area contributed by atoms with Crippen LogP contribution >= 0.6 is 0 Å². The Morgan fingerprint density at radius 2 is 2.10 bits per heavy atom. The fourth-order valence-electron chi connectivity index (χ4n) is 3.46. The highest BCUT2D eigenvalue weighted by Crippen LogP contribution is 2.19. The topological polar surface area (TPSA) is 36.3 Å². The summed E-state index contributed by atoms with van der Waals surface area (Å²) >= 11 is 0. The van der Waals surface area contributed by atoms with Gasteiger partial charge in [-0.2, -0.15) is 5.10 Å². The molecule has 0 aromatic carbocycles. The van der Waals surface area contributed by atoms with Gasteiger partial charge >= 0.3 is 0 Å². The van der Waals surface area contributed by atoms with Gasteiger partial charge < -0.3 is 5.32 Å². The van der Waals surface area contributed by atoms with Crippen LogP contribution in [-0.2, 0) is 6.54 Å². The van der Waals surface area contributed by atoms with Crippen LogP contribution < -0.4 is 5.32 Å². The summed E-state index contributed by atoms with van der Waals surface area (Å²) in [6, 6.07) is 3.37. The number of nitrogens with zero attached hydrogens (tertiary/aromatic N) is 4. The maximum atomic E-state index is 4.44. The minimum Gasteiger partial charge on any atom is -0.314 e. The second kappa shape index (κ2) is 6.24. The number of piperazine rings is 1. The third-order valence-corrected chi connectivity index (χ3v) is 4.54. The van der Waals surface area contributed by atoms with Gasteiger partial charge in [-0.3, -0.25) is 14.5 Å². The standard InChI is InChI=1S/C15H27N5/c1-13(2)20-15(3-5-17-20)12-18-8-4-14(11-18)19-9-6-16-7-10-19/h3,5,13-14,16H,4,6-12H2,1-2H3. The van der Waals surface area contributed by atoms with Crippen LogP contribution in [-0.4, -0.2) is 64.9 Å². The first kappa shape index (κ1) is 14.0. The van der Waals surface area contributed by atoms with Gasteiger partial charge in [-0.15, -0.1) is 0 Å². The Labute approximate surface area is 121 Å². The van der Waals surface area contributed by atoms with Crippen LogP contribution in [0, 0.1) is 0 Å². The zero-order chi connectivity index (χ0) is 13.9. The van der Waals surface area contributed by atoms with Crippen molar-refractivity contribution in [3.63, 3.8) is 0 Å². The molecular weight excluding hydrogens is 250 g/mol. The average molecular weight is 277 g/mol. The highest BCUT2D eigenvalue weighted by atomic mass is 15.3. The van der Waals surface area contributed by atoms with E-state index in [1.165, 1.54) is 38.3 Å². The molecule has 0 radical (unpaired) electrons. The normalized spacial score (nSPS) is 25.6. The molecule has 0 spiro atoms. The number of hydrogen-bond donors (Lipinski definition) is 1. The van der Waals surface area contributed by atoms with Crippen LogP contribution in [0.5, 0.6) is 0 Å². The molecule has 3 rings (SSSR count). The summed E-state index contributed by atoms with van der Waals surface area (Å²) in [7, 11) is 0. The van der Waals surface area contributed by atoms with E-state index >= 15 is 0 Å². The molecule has 1 unspecified atom stereocenters. The number of hydrogen-bond acceptors (Lipinski definition) is 4. The molecule has 1 aromatic heterocycles. The van der Waals surface area contributed by atoms with Gasteiger partial charge in [0.05, 0.1) is 5.69 Å². The van der Waals surface area contributed by atoms with E-state index in [1.54, 1.807) is 0 Å². The van der Waals surface area contributed by atoms with Crippen molar-refractivity contribution in [1.29, 1.82) is 0 Å². The van der Waals surface area contributed by atoms with Crippen molar-refractivity contribution in [3.05, 3.63) is 18.0 Å². The van der Waals surface area contributed by atoms with Gasteiger partial charge in [0.1, 0.15) is 0 Å². The van der Waals surface area contributed by atoms with Crippen LogP contribution in [0.4, 0.5) is 0 Å². The molecule has 2 aliphatic rings. The predicted octanol–water partition coefficient (Wildman–Crippen LogP) is 0.944. The second-order valence-corrected chi connectivity index (χ2v) is 6.32. The predicted molar refractivity (Wildman–Crippen MR) is 80.7 cm³/mol. The van der Waals surface area contributed by atoms with E-state index < -0.39 is 0 Å². The fraction of sp³-hybridized carbons (Fsp3) is 0.800. The van der Waals surface area contributed by atoms with Gasteiger partial charge in [-0.25, -0.2) is 0 Å². The maximum Gasteiger partial charge on any atom is 0.0527 e. The van der Waals surface area contributed by atoms with E-state index in [9.17, 15) is 0 Å². The Hall–Kier alpha value is -0.910. The molecule has 2 aliphatic heterocycles. The Morgan fingerprint density at radius 3 is 2.85 bits per heavy atom. The van der Waals surface area contributed by atoms with Crippen LogP contribution in [0.2, 0.25) is 0 Å². The molecule has 1 N–H and O–H groups in total. The van der Waals surface area contributed by atoms with Gasteiger partial charge in [0.2, 0.25) is 0 Å². The van der Waals surface area contributed by atoms with Crippen LogP contribution in [0.25, 0.3) is 0 Å². The second-order valence-electron chi connectivity index (χ2n) is 6.32. The SMILES string of the molecule is CC(C)n1nccc1CN1CCC(N2CCNCC2)C1. The van der Waals surface area contributed by atoms with Gasteiger partial charge in [-0.05, 0) is 26.3 Å². The maximum absolute atomic E-state index is 4.44. The molecule has 0 saturated carbocycles. The molecule has 1 aromatic rings. The summed E-state index contributed by atoms with van der Waals surface area (Å²) in [5.41, 5.74) is 1.35. The number of aromatic nitrogens is 2. The zero-order valence-electron chi connectivity index (χ0n) is 12.8. The van der Waals surface area contributed by atoms with Crippen molar-refractivity contribution < 1.29 is 0 Å². The number of nitrogens with one attached hydrogen (secondary N) is 1.